The van der Waals surface area contributed by atoms with Crippen LogP contribution in [-0.4, -0.2) is 37.5 Å². The number of aliphatic hydroxyl groups is 1. The van der Waals surface area contributed by atoms with E-state index in [1.807, 2.05) is 0 Å². The zero-order valence-electron chi connectivity index (χ0n) is 13.1. The third-order valence-corrected chi connectivity index (χ3v) is 6.29. The standard InChI is InChI=1S/C17H31NO2/c1-12(18-4-3-16(19)11-20-2)17-8-13-5-14(9-17)7-15(6-13)10-17/h12-16,18-19H,3-11H2,1-2H3. The predicted octanol–water partition coefficient (Wildman–Crippen LogP) is 2.58. The van der Waals surface area contributed by atoms with E-state index >= 15 is 0 Å². The first-order valence-corrected chi connectivity index (χ1v) is 8.51. The first-order chi connectivity index (χ1) is 9.61. The van der Waals surface area contributed by atoms with Gasteiger partial charge < -0.3 is 15.2 Å². The Labute approximate surface area is 123 Å². The van der Waals surface area contributed by atoms with Gasteiger partial charge in [-0.2, -0.15) is 0 Å². The Hall–Kier alpha value is -0.120. The smallest absolute Gasteiger partial charge is 0.0785 e. The molecule has 3 heteroatoms. The highest BCUT2D eigenvalue weighted by Crippen LogP contribution is 2.61. The molecule has 0 aliphatic heterocycles. The van der Waals surface area contributed by atoms with E-state index in [1.165, 1.54) is 38.5 Å². The zero-order valence-corrected chi connectivity index (χ0v) is 13.1. The molecular weight excluding hydrogens is 250 g/mol. The number of ether oxygens (including phenoxy) is 1. The number of hydrogen-bond acceptors (Lipinski definition) is 3. The first kappa shape index (κ1) is 14.8. The Morgan fingerprint density at radius 2 is 1.70 bits per heavy atom. The normalized spacial score (nSPS) is 41.9. The number of rotatable bonds is 7. The van der Waals surface area contributed by atoms with Gasteiger partial charge in [-0.1, -0.05) is 0 Å². The Kier molecular flexibility index (Phi) is 4.40. The van der Waals surface area contributed by atoms with E-state index in [-0.39, 0.29) is 6.10 Å². The Morgan fingerprint density at radius 1 is 1.15 bits per heavy atom. The maximum Gasteiger partial charge on any atom is 0.0785 e. The first-order valence-electron chi connectivity index (χ1n) is 8.51. The van der Waals surface area contributed by atoms with Crippen LogP contribution in [0, 0.1) is 23.2 Å². The molecular formula is C17H31NO2. The van der Waals surface area contributed by atoms with Crippen LogP contribution in [0.25, 0.3) is 0 Å². The second kappa shape index (κ2) is 5.94. The number of hydrogen-bond donors (Lipinski definition) is 2. The fourth-order valence-electron chi connectivity index (χ4n) is 5.67. The maximum atomic E-state index is 9.73. The van der Waals surface area contributed by atoms with Gasteiger partial charge in [0.1, 0.15) is 0 Å². The van der Waals surface area contributed by atoms with Gasteiger partial charge >= 0.3 is 0 Å². The lowest BCUT2D eigenvalue weighted by Crippen LogP contribution is -2.55. The van der Waals surface area contributed by atoms with E-state index < -0.39 is 0 Å². The van der Waals surface area contributed by atoms with Crippen LogP contribution >= 0.6 is 0 Å². The summed E-state index contributed by atoms with van der Waals surface area (Å²) in [4.78, 5) is 0. The van der Waals surface area contributed by atoms with Gasteiger partial charge in [-0.05, 0) is 81.6 Å². The summed E-state index contributed by atoms with van der Waals surface area (Å²) in [5.74, 6) is 3.05. The summed E-state index contributed by atoms with van der Waals surface area (Å²) in [5, 5.41) is 13.4. The molecule has 0 aromatic heterocycles. The monoisotopic (exact) mass is 281 g/mol. The fourth-order valence-corrected chi connectivity index (χ4v) is 5.67. The second-order valence-corrected chi connectivity index (χ2v) is 7.85. The molecule has 4 aliphatic rings. The predicted molar refractivity (Wildman–Crippen MR) is 80.6 cm³/mol. The van der Waals surface area contributed by atoms with Gasteiger partial charge in [0, 0.05) is 13.2 Å². The molecule has 0 aromatic carbocycles. The van der Waals surface area contributed by atoms with Crippen LogP contribution in [0.4, 0.5) is 0 Å². The van der Waals surface area contributed by atoms with Crippen molar-refractivity contribution in [3.63, 3.8) is 0 Å². The van der Waals surface area contributed by atoms with Crippen LogP contribution in [0.2, 0.25) is 0 Å². The molecule has 4 aliphatic carbocycles. The van der Waals surface area contributed by atoms with Gasteiger partial charge in [-0.25, -0.2) is 0 Å². The van der Waals surface area contributed by atoms with Crippen LogP contribution in [-0.2, 0) is 4.74 Å². The summed E-state index contributed by atoms with van der Waals surface area (Å²) in [6.07, 6.45) is 9.37. The highest BCUT2D eigenvalue weighted by atomic mass is 16.5. The molecule has 0 heterocycles. The number of nitrogens with one attached hydrogen (secondary N) is 1. The van der Waals surface area contributed by atoms with E-state index in [9.17, 15) is 5.11 Å². The van der Waals surface area contributed by atoms with Crippen LogP contribution in [0.5, 0.6) is 0 Å². The van der Waals surface area contributed by atoms with E-state index in [0.29, 0.717) is 18.1 Å². The molecule has 0 radical (unpaired) electrons. The van der Waals surface area contributed by atoms with Gasteiger partial charge in [-0.15, -0.1) is 0 Å². The van der Waals surface area contributed by atoms with Crippen LogP contribution in [0.15, 0.2) is 0 Å². The van der Waals surface area contributed by atoms with Crippen molar-refractivity contribution >= 4 is 0 Å². The largest absolute Gasteiger partial charge is 0.391 e. The highest BCUT2D eigenvalue weighted by molar-refractivity contribution is 5.05. The molecule has 116 valence electrons. The SMILES string of the molecule is COCC(O)CCNC(C)C12CC3CC(CC(C3)C1)C2. The molecule has 4 fully saturated rings. The quantitative estimate of drug-likeness (QED) is 0.753. The van der Waals surface area contributed by atoms with Gasteiger partial charge in [0.25, 0.3) is 0 Å². The molecule has 2 atom stereocenters. The minimum absolute atomic E-state index is 0.323. The van der Waals surface area contributed by atoms with E-state index in [1.54, 1.807) is 7.11 Å². The molecule has 0 saturated heterocycles. The minimum Gasteiger partial charge on any atom is -0.391 e. The third kappa shape index (κ3) is 2.90. The summed E-state index contributed by atoms with van der Waals surface area (Å²) in [6, 6.07) is 0.602. The van der Waals surface area contributed by atoms with Gasteiger partial charge in [0.15, 0.2) is 0 Å². The Balaban J connectivity index is 1.51. The van der Waals surface area contributed by atoms with E-state index in [4.69, 9.17) is 4.74 Å². The molecule has 2 unspecified atom stereocenters. The summed E-state index contributed by atoms with van der Waals surface area (Å²) < 4.78 is 4.98. The summed E-state index contributed by atoms with van der Waals surface area (Å²) >= 11 is 0. The van der Waals surface area contributed by atoms with Crippen molar-refractivity contribution in [3.05, 3.63) is 0 Å². The van der Waals surface area contributed by atoms with Crippen molar-refractivity contribution in [2.75, 3.05) is 20.3 Å². The van der Waals surface area contributed by atoms with Crippen molar-refractivity contribution in [1.82, 2.24) is 5.32 Å². The van der Waals surface area contributed by atoms with Crippen LogP contribution < -0.4 is 5.32 Å². The topological polar surface area (TPSA) is 41.5 Å². The third-order valence-electron chi connectivity index (χ3n) is 6.29. The van der Waals surface area contributed by atoms with Crippen molar-refractivity contribution in [1.29, 1.82) is 0 Å². The minimum atomic E-state index is -0.323. The van der Waals surface area contributed by atoms with Crippen molar-refractivity contribution in [2.45, 2.75) is 64.0 Å². The summed E-state index contributed by atoms with van der Waals surface area (Å²) in [6.45, 7) is 3.75. The molecule has 2 N–H and O–H groups in total. The van der Waals surface area contributed by atoms with Crippen LogP contribution in [0.3, 0.4) is 0 Å². The molecule has 0 aromatic rings. The second-order valence-electron chi connectivity index (χ2n) is 7.85. The number of methoxy groups -OCH3 is 1. The Morgan fingerprint density at radius 3 is 2.20 bits per heavy atom. The molecule has 3 nitrogen and oxygen atoms in total. The lowest BCUT2D eigenvalue weighted by atomic mass is 9.48. The van der Waals surface area contributed by atoms with Gasteiger partial charge in [-0.3, -0.25) is 0 Å². The van der Waals surface area contributed by atoms with E-state index in [0.717, 1.165) is 30.7 Å². The van der Waals surface area contributed by atoms with Gasteiger partial charge in [0.2, 0.25) is 0 Å². The fraction of sp³-hybridized carbons (Fsp3) is 1.00. The van der Waals surface area contributed by atoms with Crippen molar-refractivity contribution in [2.24, 2.45) is 23.2 Å². The summed E-state index contributed by atoms with van der Waals surface area (Å²) in [5.41, 5.74) is 0.570. The van der Waals surface area contributed by atoms with Crippen LogP contribution in [0.1, 0.15) is 51.9 Å². The van der Waals surface area contributed by atoms with E-state index in [2.05, 4.69) is 12.2 Å². The molecule has 4 saturated carbocycles. The summed E-state index contributed by atoms with van der Waals surface area (Å²) in [7, 11) is 1.65. The zero-order chi connectivity index (χ0) is 14.2. The highest BCUT2D eigenvalue weighted by Gasteiger charge is 2.52. The molecule has 20 heavy (non-hydrogen) atoms. The molecule has 4 rings (SSSR count). The Bertz CT molecular complexity index is 296. The maximum absolute atomic E-state index is 9.73. The average Bonchev–Trinajstić information content (AvgIpc) is 2.37. The van der Waals surface area contributed by atoms with Gasteiger partial charge in [0.05, 0.1) is 12.7 Å². The average molecular weight is 281 g/mol. The molecule has 4 bridgehead atoms. The van der Waals surface area contributed by atoms with Crippen molar-refractivity contribution < 1.29 is 9.84 Å². The lowest BCUT2D eigenvalue weighted by molar-refractivity contribution is -0.0708. The lowest BCUT2D eigenvalue weighted by Gasteiger charge is -2.59. The molecule has 0 spiro atoms. The van der Waals surface area contributed by atoms with Crippen molar-refractivity contribution in [3.8, 4) is 0 Å². The molecule has 0 amide bonds. The number of aliphatic hydroxyl groups excluding tert-OH is 1.